The van der Waals surface area contributed by atoms with E-state index in [0.717, 1.165) is 25.1 Å². The van der Waals surface area contributed by atoms with E-state index in [0.29, 0.717) is 11.1 Å². The number of aryl methyl sites for hydroxylation is 1. The third kappa shape index (κ3) is 2.71. The zero-order chi connectivity index (χ0) is 10.1. The van der Waals surface area contributed by atoms with Gasteiger partial charge in [-0.05, 0) is 13.3 Å². The number of rotatable bonds is 1. The highest BCUT2D eigenvalue weighted by molar-refractivity contribution is 6.30. The van der Waals surface area contributed by atoms with Crippen molar-refractivity contribution in [3.63, 3.8) is 0 Å². The summed E-state index contributed by atoms with van der Waals surface area (Å²) >= 11 is 5.92. The molecule has 1 aromatic heterocycles. The highest BCUT2D eigenvalue weighted by Gasteiger charge is 2.21. The van der Waals surface area contributed by atoms with Crippen LogP contribution in [0.5, 0.6) is 0 Å². The molecule has 1 saturated heterocycles. The van der Waals surface area contributed by atoms with Gasteiger partial charge in [0.1, 0.15) is 5.15 Å². The predicted octanol–water partition coefficient (Wildman–Crippen LogP) is 1.40. The second-order valence-electron chi connectivity index (χ2n) is 3.64. The van der Waals surface area contributed by atoms with E-state index in [2.05, 4.69) is 14.9 Å². The summed E-state index contributed by atoms with van der Waals surface area (Å²) in [6.07, 6.45) is 2.74. The van der Waals surface area contributed by atoms with Gasteiger partial charge >= 0.3 is 0 Å². The summed E-state index contributed by atoms with van der Waals surface area (Å²) in [5.41, 5.74) is 6.70. The maximum Gasteiger partial charge on any atom is 0.226 e. The van der Waals surface area contributed by atoms with Crippen molar-refractivity contribution in [1.82, 2.24) is 9.97 Å². The first kappa shape index (κ1) is 12.5. The minimum absolute atomic E-state index is 0. The van der Waals surface area contributed by atoms with Crippen molar-refractivity contribution in [2.45, 2.75) is 19.4 Å². The molecule has 15 heavy (non-hydrogen) atoms. The van der Waals surface area contributed by atoms with Crippen molar-refractivity contribution in [1.29, 1.82) is 0 Å². The lowest BCUT2D eigenvalue weighted by atomic mass is 10.3. The van der Waals surface area contributed by atoms with Crippen LogP contribution in [0.15, 0.2) is 6.20 Å². The Labute approximate surface area is 100 Å². The van der Waals surface area contributed by atoms with Crippen LogP contribution in [0.25, 0.3) is 0 Å². The Morgan fingerprint density at radius 1 is 1.60 bits per heavy atom. The molecule has 0 amide bonds. The van der Waals surface area contributed by atoms with Crippen molar-refractivity contribution in [3.8, 4) is 0 Å². The third-order valence-electron chi connectivity index (χ3n) is 2.40. The molecule has 0 radical (unpaired) electrons. The molecule has 0 aromatic carbocycles. The van der Waals surface area contributed by atoms with Gasteiger partial charge in [-0.1, -0.05) is 11.6 Å². The lowest BCUT2D eigenvalue weighted by Crippen LogP contribution is -2.27. The third-order valence-corrected chi connectivity index (χ3v) is 2.79. The quantitative estimate of drug-likeness (QED) is 0.764. The number of nitrogens with zero attached hydrogens (tertiary/aromatic N) is 3. The molecule has 2 N–H and O–H groups in total. The van der Waals surface area contributed by atoms with Crippen molar-refractivity contribution in [2.24, 2.45) is 5.73 Å². The molecule has 1 aromatic rings. The first-order chi connectivity index (χ1) is 6.66. The second kappa shape index (κ2) is 4.96. The highest BCUT2D eigenvalue weighted by Crippen LogP contribution is 2.18. The summed E-state index contributed by atoms with van der Waals surface area (Å²) in [5, 5.41) is 0.524. The molecular weight excluding hydrogens is 235 g/mol. The van der Waals surface area contributed by atoms with Gasteiger partial charge in [0, 0.05) is 30.9 Å². The lowest BCUT2D eigenvalue weighted by molar-refractivity contribution is 0.750. The molecule has 0 unspecified atom stereocenters. The van der Waals surface area contributed by atoms with E-state index in [1.807, 2.05) is 6.92 Å². The van der Waals surface area contributed by atoms with Crippen molar-refractivity contribution in [2.75, 3.05) is 18.0 Å². The Morgan fingerprint density at radius 3 is 2.87 bits per heavy atom. The lowest BCUT2D eigenvalue weighted by Gasteiger charge is -2.15. The van der Waals surface area contributed by atoms with Crippen molar-refractivity contribution < 1.29 is 0 Å². The average molecular weight is 249 g/mol. The average Bonchev–Trinajstić information content (AvgIpc) is 2.57. The van der Waals surface area contributed by atoms with Crippen LogP contribution >= 0.6 is 24.0 Å². The molecule has 1 aliphatic heterocycles. The van der Waals surface area contributed by atoms with Gasteiger partial charge in [-0.15, -0.1) is 12.4 Å². The fourth-order valence-corrected chi connectivity index (χ4v) is 1.66. The fraction of sp³-hybridized carbons (Fsp3) is 0.556. The van der Waals surface area contributed by atoms with Gasteiger partial charge in [0.2, 0.25) is 5.95 Å². The summed E-state index contributed by atoms with van der Waals surface area (Å²) in [6, 6.07) is 0.235. The number of nitrogens with two attached hydrogens (primary N) is 1. The van der Waals surface area contributed by atoms with E-state index in [1.165, 1.54) is 0 Å². The molecule has 0 spiro atoms. The van der Waals surface area contributed by atoms with E-state index in [4.69, 9.17) is 17.3 Å². The van der Waals surface area contributed by atoms with Crippen LogP contribution in [0, 0.1) is 6.92 Å². The molecular formula is C9H14Cl2N4. The summed E-state index contributed by atoms with van der Waals surface area (Å²) < 4.78 is 0. The largest absolute Gasteiger partial charge is 0.339 e. The van der Waals surface area contributed by atoms with Crippen LogP contribution in [0.3, 0.4) is 0 Å². The van der Waals surface area contributed by atoms with Crippen LogP contribution in [0.2, 0.25) is 5.15 Å². The first-order valence-corrected chi connectivity index (χ1v) is 5.04. The minimum Gasteiger partial charge on any atom is -0.339 e. The van der Waals surface area contributed by atoms with Crippen LogP contribution in [-0.4, -0.2) is 29.1 Å². The molecule has 2 rings (SSSR count). The Kier molecular flexibility index (Phi) is 4.13. The number of hydrogen-bond acceptors (Lipinski definition) is 4. The summed E-state index contributed by atoms with van der Waals surface area (Å²) in [7, 11) is 0. The van der Waals surface area contributed by atoms with Gasteiger partial charge in [-0.3, -0.25) is 0 Å². The number of aromatic nitrogens is 2. The molecule has 0 bridgehead atoms. The van der Waals surface area contributed by atoms with Gasteiger partial charge in [0.25, 0.3) is 0 Å². The van der Waals surface area contributed by atoms with E-state index in [1.54, 1.807) is 6.20 Å². The zero-order valence-electron chi connectivity index (χ0n) is 8.48. The standard InChI is InChI=1S/C9H13ClN4.ClH/c1-6-4-12-9(13-8(6)10)14-3-2-7(11)5-14;/h4,7H,2-3,5,11H2,1H3;1H/t7-;/m0./s1. The predicted molar refractivity (Wildman–Crippen MR) is 63.8 cm³/mol. The maximum absolute atomic E-state index is 5.92. The number of hydrogen-bond donors (Lipinski definition) is 1. The minimum atomic E-state index is 0. The first-order valence-electron chi connectivity index (χ1n) is 4.66. The van der Waals surface area contributed by atoms with Gasteiger partial charge in [-0.25, -0.2) is 9.97 Å². The van der Waals surface area contributed by atoms with Gasteiger partial charge < -0.3 is 10.6 Å². The Balaban J connectivity index is 0.00000112. The van der Waals surface area contributed by atoms with Gasteiger partial charge in [0.15, 0.2) is 0 Å². The molecule has 1 fully saturated rings. The fourth-order valence-electron chi connectivity index (χ4n) is 1.53. The Hall–Kier alpha value is -0.580. The Morgan fingerprint density at radius 2 is 2.33 bits per heavy atom. The molecule has 1 atom stereocenters. The van der Waals surface area contributed by atoms with E-state index in [9.17, 15) is 0 Å². The van der Waals surface area contributed by atoms with Crippen LogP contribution in [-0.2, 0) is 0 Å². The molecule has 0 aliphatic carbocycles. The summed E-state index contributed by atoms with van der Waals surface area (Å²) in [6.45, 7) is 3.63. The molecule has 6 heteroatoms. The smallest absolute Gasteiger partial charge is 0.226 e. The zero-order valence-corrected chi connectivity index (χ0v) is 10.1. The number of halogens is 2. The summed E-state index contributed by atoms with van der Waals surface area (Å²) in [5.74, 6) is 0.688. The molecule has 1 aliphatic rings. The molecule has 84 valence electrons. The topological polar surface area (TPSA) is 55.0 Å². The maximum atomic E-state index is 5.92. The van der Waals surface area contributed by atoms with Gasteiger partial charge in [-0.2, -0.15) is 0 Å². The monoisotopic (exact) mass is 248 g/mol. The number of anilines is 1. The van der Waals surface area contributed by atoms with Crippen LogP contribution in [0.4, 0.5) is 5.95 Å². The Bertz CT molecular complexity index is 345. The van der Waals surface area contributed by atoms with E-state index < -0.39 is 0 Å². The van der Waals surface area contributed by atoms with Gasteiger partial charge in [0.05, 0.1) is 0 Å². The van der Waals surface area contributed by atoms with E-state index >= 15 is 0 Å². The highest BCUT2D eigenvalue weighted by atomic mass is 35.5. The van der Waals surface area contributed by atoms with Crippen LogP contribution in [0.1, 0.15) is 12.0 Å². The normalized spacial score (nSPS) is 20.2. The SMILES string of the molecule is Cc1cnc(N2CC[C@H](N)C2)nc1Cl.Cl. The van der Waals surface area contributed by atoms with Crippen molar-refractivity contribution in [3.05, 3.63) is 16.9 Å². The summed E-state index contributed by atoms with van der Waals surface area (Å²) in [4.78, 5) is 10.5. The van der Waals surface area contributed by atoms with Crippen molar-refractivity contribution >= 4 is 30.0 Å². The van der Waals surface area contributed by atoms with Crippen LogP contribution < -0.4 is 10.6 Å². The molecule has 2 heterocycles. The van der Waals surface area contributed by atoms with E-state index in [-0.39, 0.29) is 18.4 Å². The molecule has 0 saturated carbocycles. The molecule has 4 nitrogen and oxygen atoms in total. The second-order valence-corrected chi connectivity index (χ2v) is 4.00.